The van der Waals surface area contributed by atoms with Crippen LogP contribution < -0.4 is 15.4 Å². The Balaban J connectivity index is 2.17. The van der Waals surface area contributed by atoms with Crippen LogP contribution in [-0.4, -0.2) is 24.5 Å². The highest BCUT2D eigenvalue weighted by Crippen LogP contribution is 2.25. The number of hydrogen-bond donors (Lipinski definition) is 2. The molecule has 5 nitrogen and oxygen atoms in total. The van der Waals surface area contributed by atoms with Gasteiger partial charge in [-0.2, -0.15) is 0 Å². The van der Waals surface area contributed by atoms with Crippen molar-refractivity contribution in [2.45, 2.75) is 26.8 Å². The molecule has 0 aliphatic heterocycles. The molecule has 0 bridgehead atoms. The normalized spacial score (nSPS) is 11.8. The van der Waals surface area contributed by atoms with Gasteiger partial charge in [0.2, 0.25) is 5.91 Å². The van der Waals surface area contributed by atoms with Crippen molar-refractivity contribution < 1.29 is 14.3 Å². The standard InChI is InChI=1S/C20H22Cl2N2O3/c1-4-27-17-8-6-5-7-16(17)23-20(26)18(12(2)3)24-19(25)14-10-9-13(21)11-15(14)22/h5-12,18H,4H2,1-3H3,(H,23,26)(H,24,25)/t18-/m0/s1. The third-order valence-electron chi connectivity index (χ3n) is 3.86. The number of carbonyl (C=O) groups excluding carboxylic acids is 2. The first-order valence-electron chi connectivity index (χ1n) is 8.62. The van der Waals surface area contributed by atoms with E-state index in [4.69, 9.17) is 27.9 Å². The number of benzene rings is 2. The van der Waals surface area contributed by atoms with Crippen molar-refractivity contribution in [3.05, 3.63) is 58.1 Å². The Kier molecular flexibility index (Phi) is 7.51. The second kappa shape index (κ2) is 9.62. The maximum Gasteiger partial charge on any atom is 0.253 e. The number of ether oxygens (including phenoxy) is 1. The van der Waals surface area contributed by atoms with E-state index < -0.39 is 11.9 Å². The topological polar surface area (TPSA) is 67.4 Å². The van der Waals surface area contributed by atoms with Crippen LogP contribution in [0.1, 0.15) is 31.1 Å². The number of amides is 2. The van der Waals surface area contributed by atoms with Gasteiger partial charge in [0, 0.05) is 5.02 Å². The molecule has 0 fully saturated rings. The lowest BCUT2D eigenvalue weighted by Gasteiger charge is -2.22. The molecule has 2 aromatic carbocycles. The molecule has 2 amide bonds. The van der Waals surface area contributed by atoms with E-state index in [1.807, 2.05) is 26.8 Å². The lowest BCUT2D eigenvalue weighted by molar-refractivity contribution is -0.118. The minimum absolute atomic E-state index is 0.140. The van der Waals surface area contributed by atoms with Crippen LogP contribution in [0, 0.1) is 5.92 Å². The third-order valence-corrected chi connectivity index (χ3v) is 4.40. The van der Waals surface area contributed by atoms with Crippen LogP contribution in [-0.2, 0) is 4.79 Å². The zero-order chi connectivity index (χ0) is 20.0. The fourth-order valence-electron chi connectivity index (χ4n) is 2.49. The molecular weight excluding hydrogens is 387 g/mol. The van der Waals surface area contributed by atoms with Gasteiger partial charge in [-0.1, -0.05) is 49.2 Å². The summed E-state index contributed by atoms with van der Waals surface area (Å²) in [6, 6.07) is 11.0. The molecule has 144 valence electrons. The first-order valence-corrected chi connectivity index (χ1v) is 9.37. The molecule has 0 radical (unpaired) electrons. The lowest BCUT2D eigenvalue weighted by Crippen LogP contribution is -2.47. The van der Waals surface area contributed by atoms with Crippen molar-refractivity contribution in [2.75, 3.05) is 11.9 Å². The van der Waals surface area contributed by atoms with E-state index in [-0.39, 0.29) is 22.4 Å². The fraction of sp³-hybridized carbons (Fsp3) is 0.300. The first kappa shape index (κ1) is 21.1. The molecule has 0 spiro atoms. The van der Waals surface area contributed by atoms with Crippen LogP contribution in [0.4, 0.5) is 5.69 Å². The predicted molar refractivity (Wildman–Crippen MR) is 109 cm³/mol. The molecule has 0 aliphatic rings. The van der Waals surface area contributed by atoms with E-state index in [9.17, 15) is 9.59 Å². The average molecular weight is 409 g/mol. The average Bonchev–Trinajstić information content (AvgIpc) is 2.61. The Bertz CT molecular complexity index is 825. The molecular formula is C20H22Cl2N2O3. The number of halogens is 2. The van der Waals surface area contributed by atoms with Crippen LogP contribution in [0.15, 0.2) is 42.5 Å². The molecule has 1 atom stereocenters. The van der Waals surface area contributed by atoms with Gasteiger partial charge in [0.05, 0.1) is 22.9 Å². The minimum atomic E-state index is -0.751. The minimum Gasteiger partial charge on any atom is -0.492 e. The quantitative estimate of drug-likeness (QED) is 0.691. The maximum absolute atomic E-state index is 12.8. The van der Waals surface area contributed by atoms with E-state index in [2.05, 4.69) is 10.6 Å². The largest absolute Gasteiger partial charge is 0.492 e. The number of anilines is 1. The van der Waals surface area contributed by atoms with Crippen LogP contribution in [0.3, 0.4) is 0 Å². The molecule has 0 aliphatic carbocycles. The second-order valence-electron chi connectivity index (χ2n) is 6.24. The summed E-state index contributed by atoms with van der Waals surface area (Å²) in [5.74, 6) is -0.346. The highest BCUT2D eigenvalue weighted by molar-refractivity contribution is 6.36. The number of carbonyl (C=O) groups is 2. The first-order chi connectivity index (χ1) is 12.8. The summed E-state index contributed by atoms with van der Waals surface area (Å²) >= 11 is 12.0. The molecule has 7 heteroatoms. The smallest absolute Gasteiger partial charge is 0.253 e. The van der Waals surface area contributed by atoms with Crippen molar-refractivity contribution in [3.8, 4) is 5.75 Å². The molecule has 2 N–H and O–H groups in total. The van der Waals surface area contributed by atoms with Gasteiger partial charge in [-0.25, -0.2) is 0 Å². The summed E-state index contributed by atoms with van der Waals surface area (Å²) in [6.45, 7) is 6.04. The Morgan fingerprint density at radius 2 is 1.81 bits per heavy atom. The third kappa shape index (κ3) is 5.62. The van der Waals surface area contributed by atoms with Gasteiger partial charge in [-0.3, -0.25) is 9.59 Å². The number of hydrogen-bond acceptors (Lipinski definition) is 3. The van der Waals surface area contributed by atoms with Crippen molar-refractivity contribution >= 4 is 40.7 Å². The van der Waals surface area contributed by atoms with E-state index in [0.29, 0.717) is 23.1 Å². The van der Waals surface area contributed by atoms with Crippen molar-refractivity contribution in [1.29, 1.82) is 0 Å². The van der Waals surface area contributed by atoms with E-state index in [1.165, 1.54) is 12.1 Å². The Morgan fingerprint density at radius 1 is 1.11 bits per heavy atom. The van der Waals surface area contributed by atoms with Gasteiger partial charge in [-0.15, -0.1) is 0 Å². The summed E-state index contributed by atoms with van der Waals surface area (Å²) in [5, 5.41) is 6.23. The van der Waals surface area contributed by atoms with E-state index >= 15 is 0 Å². The van der Waals surface area contributed by atoms with Gasteiger partial charge in [0.15, 0.2) is 0 Å². The summed E-state index contributed by atoms with van der Waals surface area (Å²) in [7, 11) is 0. The maximum atomic E-state index is 12.8. The van der Waals surface area contributed by atoms with Crippen LogP contribution in [0.5, 0.6) is 5.75 Å². The highest BCUT2D eigenvalue weighted by atomic mass is 35.5. The SMILES string of the molecule is CCOc1ccccc1NC(=O)[C@@H](NC(=O)c1ccc(Cl)cc1Cl)C(C)C. The van der Waals surface area contributed by atoms with Gasteiger partial charge in [0.25, 0.3) is 5.91 Å². The molecule has 0 unspecified atom stereocenters. The van der Waals surface area contributed by atoms with E-state index in [1.54, 1.807) is 24.3 Å². The Hall–Kier alpha value is -2.24. The van der Waals surface area contributed by atoms with Gasteiger partial charge < -0.3 is 15.4 Å². The molecule has 2 rings (SSSR count). The second-order valence-corrected chi connectivity index (χ2v) is 7.08. The number of rotatable bonds is 7. The molecule has 0 saturated carbocycles. The lowest BCUT2D eigenvalue weighted by atomic mass is 10.0. The molecule has 0 heterocycles. The monoisotopic (exact) mass is 408 g/mol. The molecule has 27 heavy (non-hydrogen) atoms. The van der Waals surface area contributed by atoms with Crippen molar-refractivity contribution in [2.24, 2.45) is 5.92 Å². The van der Waals surface area contributed by atoms with Crippen LogP contribution >= 0.6 is 23.2 Å². The van der Waals surface area contributed by atoms with E-state index in [0.717, 1.165) is 0 Å². The summed E-state index contributed by atoms with van der Waals surface area (Å²) in [6.07, 6.45) is 0. The zero-order valence-corrected chi connectivity index (χ0v) is 16.9. The van der Waals surface area contributed by atoms with Crippen LogP contribution in [0.25, 0.3) is 0 Å². The molecule has 0 aromatic heterocycles. The van der Waals surface area contributed by atoms with Gasteiger partial charge in [0.1, 0.15) is 11.8 Å². The van der Waals surface area contributed by atoms with Gasteiger partial charge in [-0.05, 0) is 43.2 Å². The predicted octanol–water partition coefficient (Wildman–Crippen LogP) is 4.79. The van der Waals surface area contributed by atoms with Crippen molar-refractivity contribution in [3.63, 3.8) is 0 Å². The Labute approximate surface area is 169 Å². The van der Waals surface area contributed by atoms with Crippen LogP contribution in [0.2, 0.25) is 10.0 Å². The summed E-state index contributed by atoms with van der Waals surface area (Å²) < 4.78 is 5.52. The zero-order valence-electron chi connectivity index (χ0n) is 15.4. The van der Waals surface area contributed by atoms with Crippen molar-refractivity contribution in [1.82, 2.24) is 5.32 Å². The summed E-state index contributed by atoms with van der Waals surface area (Å²) in [5.41, 5.74) is 0.808. The molecule has 2 aromatic rings. The highest BCUT2D eigenvalue weighted by Gasteiger charge is 2.26. The number of para-hydroxylation sites is 2. The number of nitrogens with one attached hydrogen (secondary N) is 2. The summed E-state index contributed by atoms with van der Waals surface area (Å²) in [4.78, 5) is 25.4. The van der Waals surface area contributed by atoms with Gasteiger partial charge >= 0.3 is 0 Å². The fourth-order valence-corrected chi connectivity index (χ4v) is 2.98. The Morgan fingerprint density at radius 3 is 2.44 bits per heavy atom. The molecule has 0 saturated heterocycles.